The minimum absolute atomic E-state index is 0.294. The van der Waals surface area contributed by atoms with E-state index in [2.05, 4.69) is 4.98 Å². The number of aromatic carboxylic acids is 1. The van der Waals surface area contributed by atoms with Crippen molar-refractivity contribution in [2.75, 3.05) is 0 Å². The molecule has 1 heterocycles. The Morgan fingerprint density at radius 2 is 2.05 bits per heavy atom. The van der Waals surface area contributed by atoms with Crippen molar-refractivity contribution in [3.05, 3.63) is 53.2 Å². The maximum absolute atomic E-state index is 11.1. The minimum atomic E-state index is -0.913. The van der Waals surface area contributed by atoms with Gasteiger partial charge in [0.05, 0.1) is 5.56 Å². The number of carboxylic acid groups (broad SMARTS) is 1. The number of nitrogens with zero attached hydrogens (tertiary/aromatic N) is 1. The lowest BCUT2D eigenvalue weighted by molar-refractivity contribution is 0.0696. The summed E-state index contributed by atoms with van der Waals surface area (Å²) in [5.74, 6) is -0.913. The first kappa shape index (κ1) is 13.6. The van der Waals surface area contributed by atoms with E-state index in [1.54, 1.807) is 12.1 Å². The van der Waals surface area contributed by atoms with Gasteiger partial charge in [0.15, 0.2) is 0 Å². The zero-order valence-electron chi connectivity index (χ0n) is 10.9. The fourth-order valence-electron chi connectivity index (χ4n) is 1.70. The number of carboxylic acids is 1. The second-order valence-corrected chi connectivity index (χ2v) is 5.27. The number of pyridine rings is 1. The van der Waals surface area contributed by atoms with E-state index in [0.717, 1.165) is 27.6 Å². The fourth-order valence-corrected chi connectivity index (χ4v) is 2.65. The standard InChI is InChI=1S/C15H15NO2S/c1-3-12-8-11(15(17)18)9-14(16-12)19-13-7-5-4-6-10(13)2/h4-9H,3H2,1-2H3,(H,17,18). The highest BCUT2D eigenvalue weighted by atomic mass is 32.2. The molecule has 2 aromatic rings. The number of hydrogen-bond donors (Lipinski definition) is 1. The molecular formula is C15H15NO2S. The summed E-state index contributed by atoms with van der Waals surface area (Å²) in [7, 11) is 0. The van der Waals surface area contributed by atoms with E-state index < -0.39 is 5.97 Å². The molecule has 98 valence electrons. The molecule has 1 aromatic heterocycles. The van der Waals surface area contributed by atoms with Crippen LogP contribution < -0.4 is 0 Å². The number of aromatic nitrogens is 1. The normalized spacial score (nSPS) is 10.4. The van der Waals surface area contributed by atoms with Gasteiger partial charge in [-0.05, 0) is 37.1 Å². The van der Waals surface area contributed by atoms with Crippen molar-refractivity contribution in [2.24, 2.45) is 0 Å². The molecule has 0 bridgehead atoms. The third-order valence-corrected chi connectivity index (χ3v) is 3.87. The van der Waals surface area contributed by atoms with Crippen molar-refractivity contribution in [3.63, 3.8) is 0 Å². The maximum atomic E-state index is 11.1. The van der Waals surface area contributed by atoms with Crippen molar-refractivity contribution in [1.29, 1.82) is 0 Å². The van der Waals surface area contributed by atoms with Gasteiger partial charge in [0.2, 0.25) is 0 Å². The summed E-state index contributed by atoms with van der Waals surface area (Å²) >= 11 is 1.50. The van der Waals surface area contributed by atoms with Gasteiger partial charge in [0.25, 0.3) is 0 Å². The monoisotopic (exact) mass is 273 g/mol. The molecule has 0 atom stereocenters. The summed E-state index contributed by atoms with van der Waals surface area (Å²) in [5, 5.41) is 9.84. The average Bonchev–Trinajstić information content (AvgIpc) is 2.41. The topological polar surface area (TPSA) is 50.2 Å². The molecule has 0 radical (unpaired) electrons. The first-order valence-corrected chi connectivity index (χ1v) is 6.89. The van der Waals surface area contributed by atoms with Crippen molar-refractivity contribution in [1.82, 2.24) is 4.98 Å². The number of aryl methyl sites for hydroxylation is 2. The summed E-state index contributed by atoms with van der Waals surface area (Å²) in [4.78, 5) is 16.7. The molecule has 4 heteroatoms. The zero-order chi connectivity index (χ0) is 13.8. The highest BCUT2D eigenvalue weighted by Crippen LogP contribution is 2.29. The Bertz CT molecular complexity index is 611. The van der Waals surface area contributed by atoms with Gasteiger partial charge >= 0.3 is 5.97 Å². The van der Waals surface area contributed by atoms with E-state index in [1.165, 1.54) is 11.8 Å². The smallest absolute Gasteiger partial charge is 0.335 e. The molecular weight excluding hydrogens is 258 g/mol. The van der Waals surface area contributed by atoms with Crippen molar-refractivity contribution in [2.45, 2.75) is 30.2 Å². The predicted molar refractivity (Wildman–Crippen MR) is 75.9 cm³/mol. The molecule has 0 spiro atoms. The largest absolute Gasteiger partial charge is 0.478 e. The summed E-state index contributed by atoms with van der Waals surface area (Å²) in [5.41, 5.74) is 2.26. The van der Waals surface area contributed by atoms with Gasteiger partial charge in [0.1, 0.15) is 5.03 Å². The Morgan fingerprint density at radius 1 is 1.32 bits per heavy atom. The van der Waals surface area contributed by atoms with Gasteiger partial charge in [-0.1, -0.05) is 36.9 Å². The van der Waals surface area contributed by atoms with Crippen LogP contribution in [0.1, 0.15) is 28.5 Å². The molecule has 1 N–H and O–H groups in total. The van der Waals surface area contributed by atoms with Crippen LogP contribution in [0.5, 0.6) is 0 Å². The Balaban J connectivity index is 2.37. The number of carbonyl (C=O) groups is 1. The molecule has 0 unspecified atom stereocenters. The van der Waals surface area contributed by atoms with Crippen molar-refractivity contribution in [3.8, 4) is 0 Å². The van der Waals surface area contributed by atoms with Crippen LogP contribution in [0.15, 0.2) is 46.3 Å². The maximum Gasteiger partial charge on any atom is 0.335 e. The van der Waals surface area contributed by atoms with Gasteiger partial charge < -0.3 is 5.11 Å². The van der Waals surface area contributed by atoms with Crippen LogP contribution in [0, 0.1) is 6.92 Å². The van der Waals surface area contributed by atoms with Gasteiger partial charge in [-0.25, -0.2) is 9.78 Å². The average molecular weight is 273 g/mol. The van der Waals surface area contributed by atoms with Crippen LogP contribution in [0.3, 0.4) is 0 Å². The molecule has 0 aliphatic heterocycles. The molecule has 0 aliphatic rings. The van der Waals surface area contributed by atoms with Crippen molar-refractivity contribution < 1.29 is 9.90 Å². The summed E-state index contributed by atoms with van der Waals surface area (Å²) in [6.07, 6.45) is 0.725. The second-order valence-electron chi connectivity index (χ2n) is 4.21. The molecule has 1 aromatic carbocycles. The van der Waals surface area contributed by atoms with Crippen LogP contribution in [0.4, 0.5) is 0 Å². The fraction of sp³-hybridized carbons (Fsp3) is 0.200. The molecule has 2 rings (SSSR count). The minimum Gasteiger partial charge on any atom is -0.478 e. The summed E-state index contributed by atoms with van der Waals surface area (Å²) in [6, 6.07) is 11.3. The van der Waals surface area contributed by atoms with E-state index in [-0.39, 0.29) is 0 Å². The lowest BCUT2D eigenvalue weighted by Gasteiger charge is -2.07. The van der Waals surface area contributed by atoms with Gasteiger partial charge in [0, 0.05) is 10.6 Å². The second kappa shape index (κ2) is 5.89. The molecule has 0 saturated carbocycles. The van der Waals surface area contributed by atoms with Crippen LogP contribution in [-0.4, -0.2) is 16.1 Å². The SMILES string of the molecule is CCc1cc(C(=O)O)cc(Sc2ccccc2C)n1. The van der Waals surface area contributed by atoms with Gasteiger partial charge in [-0.15, -0.1) is 0 Å². The highest BCUT2D eigenvalue weighted by Gasteiger charge is 2.09. The Hall–Kier alpha value is -1.81. The molecule has 19 heavy (non-hydrogen) atoms. The first-order chi connectivity index (χ1) is 9.10. The lowest BCUT2D eigenvalue weighted by atomic mass is 10.2. The number of hydrogen-bond acceptors (Lipinski definition) is 3. The molecule has 0 amide bonds. The van der Waals surface area contributed by atoms with Gasteiger partial charge in [-0.3, -0.25) is 0 Å². The van der Waals surface area contributed by atoms with Gasteiger partial charge in [-0.2, -0.15) is 0 Å². The quantitative estimate of drug-likeness (QED) is 0.920. The number of rotatable bonds is 4. The molecule has 0 saturated heterocycles. The third-order valence-electron chi connectivity index (χ3n) is 2.77. The zero-order valence-corrected chi connectivity index (χ0v) is 11.7. The van der Waals surface area contributed by atoms with E-state index in [9.17, 15) is 4.79 Å². The van der Waals surface area contributed by atoms with E-state index >= 15 is 0 Å². The highest BCUT2D eigenvalue weighted by molar-refractivity contribution is 7.99. The van der Waals surface area contributed by atoms with E-state index in [1.807, 2.05) is 38.1 Å². The third kappa shape index (κ3) is 3.35. The van der Waals surface area contributed by atoms with Crippen LogP contribution in [0.25, 0.3) is 0 Å². The van der Waals surface area contributed by atoms with Crippen LogP contribution in [-0.2, 0) is 6.42 Å². The Morgan fingerprint density at radius 3 is 2.68 bits per heavy atom. The lowest BCUT2D eigenvalue weighted by Crippen LogP contribution is -2.00. The van der Waals surface area contributed by atoms with Crippen LogP contribution in [0.2, 0.25) is 0 Å². The predicted octanol–water partition coefficient (Wildman–Crippen LogP) is 3.80. The summed E-state index contributed by atoms with van der Waals surface area (Å²) < 4.78 is 0. The Kier molecular flexibility index (Phi) is 4.22. The van der Waals surface area contributed by atoms with E-state index in [0.29, 0.717) is 5.56 Å². The van der Waals surface area contributed by atoms with Crippen LogP contribution >= 0.6 is 11.8 Å². The van der Waals surface area contributed by atoms with E-state index in [4.69, 9.17) is 5.11 Å². The first-order valence-electron chi connectivity index (χ1n) is 6.08. The number of benzene rings is 1. The molecule has 3 nitrogen and oxygen atoms in total. The molecule has 0 aliphatic carbocycles. The Labute approximate surface area is 116 Å². The molecule has 0 fully saturated rings. The summed E-state index contributed by atoms with van der Waals surface area (Å²) in [6.45, 7) is 4.00. The van der Waals surface area contributed by atoms with Crippen molar-refractivity contribution >= 4 is 17.7 Å².